The average molecular weight is 354 g/mol. The number of fused-ring (bicyclic) bond motifs is 1. The number of rotatable bonds is 3. The molecule has 132 valence electrons. The zero-order valence-electron chi connectivity index (χ0n) is 14.8. The van der Waals surface area contributed by atoms with Gasteiger partial charge in [0.25, 0.3) is 0 Å². The van der Waals surface area contributed by atoms with E-state index < -0.39 is 0 Å². The highest BCUT2D eigenvalue weighted by Gasteiger charge is 2.18. The quantitative estimate of drug-likeness (QED) is 0.520. The average Bonchev–Trinajstić information content (AvgIpc) is 2.72. The van der Waals surface area contributed by atoms with Gasteiger partial charge in [0.05, 0.1) is 16.5 Å². The Bertz CT molecular complexity index is 1190. The van der Waals surface area contributed by atoms with Crippen LogP contribution in [0.2, 0.25) is 0 Å². The Morgan fingerprint density at radius 1 is 0.926 bits per heavy atom. The van der Waals surface area contributed by atoms with E-state index in [9.17, 15) is 9.90 Å². The van der Waals surface area contributed by atoms with Gasteiger partial charge in [0.1, 0.15) is 17.6 Å². The Morgan fingerprint density at radius 3 is 2.26 bits per heavy atom. The summed E-state index contributed by atoms with van der Waals surface area (Å²) in [7, 11) is 0. The number of phenols is 1. The topological polar surface area (TPSA) is 50.4 Å². The molecule has 0 fully saturated rings. The van der Waals surface area contributed by atoms with E-state index in [0.29, 0.717) is 22.1 Å². The molecule has 0 unspecified atom stereocenters. The largest absolute Gasteiger partial charge is 0.507 e. The first-order chi connectivity index (χ1) is 13.2. The number of aromatic hydroxyl groups is 1. The number of phenolic OH excluding ortho intramolecular Hbond substituents is 1. The van der Waals surface area contributed by atoms with E-state index in [2.05, 4.69) is 0 Å². The van der Waals surface area contributed by atoms with Crippen LogP contribution in [0.25, 0.3) is 27.7 Å². The highest BCUT2D eigenvalue weighted by atomic mass is 16.3. The Hall–Kier alpha value is -3.59. The van der Waals surface area contributed by atoms with Crippen molar-refractivity contribution >= 4 is 16.5 Å². The smallest absolute Gasteiger partial charge is 0.200 e. The summed E-state index contributed by atoms with van der Waals surface area (Å²) in [5.41, 5.74) is 3.85. The first kappa shape index (κ1) is 16.9. The van der Waals surface area contributed by atoms with Crippen LogP contribution in [0.1, 0.15) is 18.1 Å². The minimum absolute atomic E-state index is 0.0788. The summed E-state index contributed by atoms with van der Waals surface area (Å²) in [4.78, 5) is 13.1. The van der Waals surface area contributed by atoms with E-state index in [1.807, 2.05) is 73.7 Å². The van der Waals surface area contributed by atoms with Gasteiger partial charge in [0, 0.05) is 0 Å². The van der Waals surface area contributed by atoms with E-state index >= 15 is 0 Å². The lowest BCUT2D eigenvalue weighted by atomic mass is 9.94. The van der Waals surface area contributed by atoms with Crippen LogP contribution in [0.4, 0.5) is 0 Å². The minimum Gasteiger partial charge on any atom is -0.507 e. The second kappa shape index (κ2) is 6.96. The highest BCUT2D eigenvalue weighted by molar-refractivity contribution is 5.97. The molecule has 0 saturated heterocycles. The van der Waals surface area contributed by atoms with E-state index in [1.165, 1.54) is 6.26 Å². The van der Waals surface area contributed by atoms with Gasteiger partial charge >= 0.3 is 0 Å². The maximum atomic E-state index is 13.1. The molecule has 0 aliphatic carbocycles. The van der Waals surface area contributed by atoms with E-state index in [-0.39, 0.29) is 11.2 Å². The molecule has 3 aromatic carbocycles. The second-order valence-corrected chi connectivity index (χ2v) is 6.25. The molecule has 0 spiro atoms. The first-order valence-electron chi connectivity index (χ1n) is 8.75. The van der Waals surface area contributed by atoms with Crippen molar-refractivity contribution in [3.8, 4) is 16.9 Å². The maximum Gasteiger partial charge on any atom is 0.200 e. The van der Waals surface area contributed by atoms with Crippen LogP contribution < -0.4 is 5.43 Å². The molecule has 1 heterocycles. The molecule has 0 amide bonds. The minimum atomic E-state index is -0.118. The van der Waals surface area contributed by atoms with E-state index in [4.69, 9.17) is 4.42 Å². The van der Waals surface area contributed by atoms with Crippen molar-refractivity contribution in [2.45, 2.75) is 6.92 Å². The summed E-state index contributed by atoms with van der Waals surface area (Å²) in [6.07, 6.45) is 3.39. The van der Waals surface area contributed by atoms with Gasteiger partial charge in [-0.05, 0) is 35.8 Å². The summed E-state index contributed by atoms with van der Waals surface area (Å²) in [6, 6.07) is 22.3. The third kappa shape index (κ3) is 2.93. The standard InChI is InChI=1S/C24H18O3/c1-2-18(16-9-5-3-6-10-16)22-21(25)14-13-19-23(26)20(15-27-24(19)22)17-11-7-4-8-12-17/h2-15,25H,1H3. The van der Waals surface area contributed by atoms with Gasteiger partial charge in [-0.25, -0.2) is 0 Å². The third-order valence-corrected chi connectivity index (χ3v) is 4.65. The molecule has 1 N–H and O–H groups in total. The van der Waals surface area contributed by atoms with Crippen LogP contribution in [0.5, 0.6) is 5.75 Å². The van der Waals surface area contributed by atoms with Gasteiger partial charge in [-0.2, -0.15) is 0 Å². The molecule has 0 aliphatic rings. The zero-order valence-corrected chi connectivity index (χ0v) is 14.8. The molecule has 3 nitrogen and oxygen atoms in total. The molecule has 0 aliphatic heterocycles. The van der Waals surface area contributed by atoms with Crippen LogP contribution in [0, 0.1) is 0 Å². The lowest BCUT2D eigenvalue weighted by Crippen LogP contribution is -2.06. The van der Waals surface area contributed by atoms with Crippen molar-refractivity contribution in [2.24, 2.45) is 0 Å². The van der Waals surface area contributed by atoms with Gasteiger partial charge in [0.15, 0.2) is 0 Å². The molecule has 0 saturated carbocycles. The van der Waals surface area contributed by atoms with Gasteiger partial charge in [-0.1, -0.05) is 66.7 Å². The predicted octanol–water partition coefficient (Wildman–Crippen LogP) is 5.62. The molecule has 1 aromatic heterocycles. The first-order valence-corrected chi connectivity index (χ1v) is 8.75. The highest BCUT2D eigenvalue weighted by Crippen LogP contribution is 2.36. The molecular weight excluding hydrogens is 336 g/mol. The van der Waals surface area contributed by atoms with Crippen molar-refractivity contribution in [1.82, 2.24) is 0 Å². The van der Waals surface area contributed by atoms with Crippen molar-refractivity contribution < 1.29 is 9.52 Å². The van der Waals surface area contributed by atoms with Crippen LogP contribution in [-0.4, -0.2) is 5.11 Å². The summed E-state index contributed by atoms with van der Waals surface area (Å²) < 4.78 is 5.89. The third-order valence-electron chi connectivity index (χ3n) is 4.65. The van der Waals surface area contributed by atoms with Crippen molar-refractivity contribution in [3.05, 3.63) is 106 Å². The van der Waals surface area contributed by atoms with Crippen LogP contribution >= 0.6 is 0 Å². The van der Waals surface area contributed by atoms with E-state index in [1.54, 1.807) is 12.1 Å². The van der Waals surface area contributed by atoms with Gasteiger partial charge in [0.2, 0.25) is 5.43 Å². The normalized spacial score (nSPS) is 11.7. The number of benzene rings is 3. The number of hydrogen-bond donors (Lipinski definition) is 1. The molecular formula is C24H18O3. The molecule has 3 heteroatoms. The Balaban J connectivity index is 1.99. The number of hydrogen-bond acceptors (Lipinski definition) is 3. The van der Waals surface area contributed by atoms with Crippen LogP contribution in [0.15, 0.2) is 94.3 Å². The lowest BCUT2D eigenvalue weighted by molar-refractivity contribution is 0.472. The summed E-state index contributed by atoms with van der Waals surface area (Å²) in [6.45, 7) is 1.90. The molecule has 27 heavy (non-hydrogen) atoms. The lowest BCUT2D eigenvalue weighted by Gasteiger charge is -2.13. The Morgan fingerprint density at radius 2 is 1.59 bits per heavy atom. The summed E-state index contributed by atoms with van der Waals surface area (Å²) >= 11 is 0. The molecule has 4 aromatic rings. The van der Waals surface area contributed by atoms with Crippen molar-refractivity contribution in [3.63, 3.8) is 0 Å². The van der Waals surface area contributed by atoms with Gasteiger partial charge in [-0.3, -0.25) is 4.79 Å². The van der Waals surface area contributed by atoms with Crippen molar-refractivity contribution in [2.75, 3.05) is 0 Å². The molecule has 4 rings (SSSR count). The monoisotopic (exact) mass is 354 g/mol. The van der Waals surface area contributed by atoms with Crippen molar-refractivity contribution in [1.29, 1.82) is 0 Å². The SMILES string of the molecule is CC=C(c1ccccc1)c1c(O)ccc2c(=O)c(-c3ccccc3)coc12. The molecule has 0 atom stereocenters. The summed E-state index contributed by atoms with van der Waals surface area (Å²) in [5, 5.41) is 11.0. The predicted molar refractivity (Wildman–Crippen MR) is 109 cm³/mol. The fourth-order valence-corrected chi connectivity index (χ4v) is 3.34. The Labute approximate surface area is 156 Å². The molecule has 0 bridgehead atoms. The fourth-order valence-electron chi connectivity index (χ4n) is 3.34. The zero-order chi connectivity index (χ0) is 18.8. The molecule has 0 radical (unpaired) electrons. The van der Waals surface area contributed by atoms with Gasteiger partial charge < -0.3 is 9.52 Å². The van der Waals surface area contributed by atoms with E-state index in [0.717, 1.165) is 16.7 Å². The summed E-state index contributed by atoms with van der Waals surface area (Å²) in [5.74, 6) is 0.0788. The van der Waals surface area contributed by atoms with Crippen LogP contribution in [0.3, 0.4) is 0 Å². The van der Waals surface area contributed by atoms with Crippen LogP contribution in [-0.2, 0) is 0 Å². The van der Waals surface area contributed by atoms with Gasteiger partial charge in [-0.15, -0.1) is 0 Å². The number of allylic oxidation sites excluding steroid dienone is 1. The maximum absolute atomic E-state index is 13.1. The fraction of sp³-hybridized carbons (Fsp3) is 0.0417. The second-order valence-electron chi connectivity index (χ2n) is 6.25. The Kier molecular flexibility index (Phi) is 4.35.